The van der Waals surface area contributed by atoms with Crippen molar-refractivity contribution in [1.82, 2.24) is 0 Å². The lowest BCUT2D eigenvalue weighted by Gasteiger charge is -2.37. The highest BCUT2D eigenvalue weighted by atomic mass is 32.2. The number of Topliss-reactive ketones (excluding diaryl/α,β-unsaturated/α-hetero) is 1. The standard InChI is InChI=1S/C14H24O2S/c1-11(2)3-4-13(15)12-5-7-16-14(9-12)6-8-17-10-14/h11-12H,3-10H2,1-2H3. The molecule has 0 amide bonds. The van der Waals surface area contributed by atoms with Crippen molar-refractivity contribution in [2.45, 2.75) is 51.6 Å². The van der Waals surface area contributed by atoms with Gasteiger partial charge in [0.15, 0.2) is 0 Å². The molecule has 2 heterocycles. The van der Waals surface area contributed by atoms with E-state index >= 15 is 0 Å². The molecule has 0 radical (unpaired) electrons. The van der Waals surface area contributed by atoms with Gasteiger partial charge in [-0.3, -0.25) is 4.79 Å². The Hall–Kier alpha value is -0.0200. The zero-order chi connectivity index (χ0) is 12.3. The van der Waals surface area contributed by atoms with E-state index in [1.807, 2.05) is 11.8 Å². The van der Waals surface area contributed by atoms with Crippen LogP contribution in [-0.2, 0) is 9.53 Å². The van der Waals surface area contributed by atoms with E-state index < -0.39 is 0 Å². The van der Waals surface area contributed by atoms with Crippen LogP contribution in [0, 0.1) is 11.8 Å². The van der Waals surface area contributed by atoms with Crippen LogP contribution in [-0.4, -0.2) is 29.5 Å². The van der Waals surface area contributed by atoms with Crippen molar-refractivity contribution in [1.29, 1.82) is 0 Å². The summed E-state index contributed by atoms with van der Waals surface area (Å²) in [6.07, 6.45) is 4.88. The summed E-state index contributed by atoms with van der Waals surface area (Å²) in [6.45, 7) is 5.16. The molecule has 17 heavy (non-hydrogen) atoms. The Morgan fingerprint density at radius 2 is 2.35 bits per heavy atom. The second-order valence-corrected chi connectivity index (χ2v) is 7.03. The summed E-state index contributed by atoms with van der Waals surface area (Å²) in [5, 5.41) is 0. The van der Waals surface area contributed by atoms with Crippen LogP contribution in [0.3, 0.4) is 0 Å². The van der Waals surface area contributed by atoms with Crippen LogP contribution in [0.2, 0.25) is 0 Å². The van der Waals surface area contributed by atoms with E-state index in [2.05, 4.69) is 13.8 Å². The van der Waals surface area contributed by atoms with E-state index in [-0.39, 0.29) is 11.5 Å². The Bertz CT molecular complexity index is 269. The van der Waals surface area contributed by atoms with Crippen molar-refractivity contribution in [2.24, 2.45) is 11.8 Å². The Balaban J connectivity index is 1.86. The van der Waals surface area contributed by atoms with Crippen LogP contribution in [0.15, 0.2) is 0 Å². The van der Waals surface area contributed by atoms with Crippen LogP contribution >= 0.6 is 11.8 Å². The first kappa shape index (κ1) is 13.4. The maximum Gasteiger partial charge on any atom is 0.136 e. The lowest BCUT2D eigenvalue weighted by Crippen LogP contribution is -2.42. The SMILES string of the molecule is CC(C)CCC(=O)C1CCOC2(CCSC2)C1. The van der Waals surface area contributed by atoms with Gasteiger partial charge in [-0.25, -0.2) is 0 Å². The number of ether oxygens (including phenoxy) is 1. The number of carbonyl (C=O) groups excluding carboxylic acids is 1. The van der Waals surface area contributed by atoms with Gasteiger partial charge >= 0.3 is 0 Å². The maximum absolute atomic E-state index is 12.2. The van der Waals surface area contributed by atoms with Gasteiger partial charge in [0.1, 0.15) is 5.78 Å². The molecule has 2 saturated heterocycles. The van der Waals surface area contributed by atoms with Crippen LogP contribution in [0.25, 0.3) is 0 Å². The van der Waals surface area contributed by atoms with Gasteiger partial charge in [-0.05, 0) is 37.4 Å². The third-order valence-electron chi connectivity index (χ3n) is 3.98. The van der Waals surface area contributed by atoms with Crippen molar-refractivity contribution in [3.63, 3.8) is 0 Å². The van der Waals surface area contributed by atoms with Gasteiger partial charge in [0.2, 0.25) is 0 Å². The van der Waals surface area contributed by atoms with Gasteiger partial charge in [-0.15, -0.1) is 0 Å². The molecule has 0 aliphatic carbocycles. The molecule has 0 aromatic rings. The number of carbonyl (C=O) groups is 1. The normalized spacial score (nSPS) is 33.5. The summed E-state index contributed by atoms with van der Waals surface area (Å²) in [4.78, 5) is 12.2. The number of ketones is 1. The Morgan fingerprint density at radius 1 is 1.53 bits per heavy atom. The fourth-order valence-corrected chi connectivity index (χ4v) is 4.18. The summed E-state index contributed by atoms with van der Waals surface area (Å²) in [6, 6.07) is 0. The van der Waals surface area contributed by atoms with Gasteiger partial charge in [-0.1, -0.05) is 13.8 Å². The van der Waals surface area contributed by atoms with Crippen LogP contribution < -0.4 is 0 Å². The van der Waals surface area contributed by atoms with Crippen LogP contribution in [0.1, 0.15) is 46.0 Å². The predicted molar refractivity (Wildman–Crippen MR) is 72.4 cm³/mol. The highest BCUT2D eigenvalue weighted by molar-refractivity contribution is 7.99. The molecule has 0 aromatic heterocycles. The summed E-state index contributed by atoms with van der Waals surface area (Å²) < 4.78 is 5.96. The quantitative estimate of drug-likeness (QED) is 0.772. The van der Waals surface area contributed by atoms with Gasteiger partial charge in [0.25, 0.3) is 0 Å². The topological polar surface area (TPSA) is 26.3 Å². The highest BCUT2D eigenvalue weighted by Gasteiger charge is 2.42. The predicted octanol–water partition coefficient (Wildman–Crippen LogP) is 3.29. The first-order valence-corrected chi connectivity index (χ1v) is 8.01. The molecular formula is C14H24O2S. The molecule has 3 heteroatoms. The third-order valence-corrected chi connectivity index (χ3v) is 5.21. The summed E-state index contributed by atoms with van der Waals surface area (Å²) in [7, 11) is 0. The largest absolute Gasteiger partial charge is 0.374 e. The highest BCUT2D eigenvalue weighted by Crippen LogP contribution is 2.40. The van der Waals surface area contributed by atoms with Gasteiger partial charge in [-0.2, -0.15) is 11.8 Å². The zero-order valence-electron chi connectivity index (χ0n) is 11.0. The van der Waals surface area contributed by atoms with E-state index in [1.165, 1.54) is 5.75 Å². The van der Waals surface area contributed by atoms with E-state index in [9.17, 15) is 4.79 Å². The molecule has 2 nitrogen and oxygen atoms in total. The lowest BCUT2D eigenvalue weighted by atomic mass is 9.81. The van der Waals surface area contributed by atoms with Crippen molar-refractivity contribution >= 4 is 17.5 Å². The van der Waals surface area contributed by atoms with Crippen molar-refractivity contribution in [3.05, 3.63) is 0 Å². The monoisotopic (exact) mass is 256 g/mol. The number of hydrogen-bond acceptors (Lipinski definition) is 3. The van der Waals surface area contributed by atoms with Gasteiger partial charge in [0, 0.05) is 24.7 Å². The zero-order valence-corrected chi connectivity index (χ0v) is 11.9. The number of hydrogen-bond donors (Lipinski definition) is 0. The minimum Gasteiger partial charge on any atom is -0.374 e. The minimum atomic E-state index is 0.0566. The molecule has 0 N–H and O–H groups in total. The van der Waals surface area contributed by atoms with Crippen LogP contribution in [0.4, 0.5) is 0 Å². The first-order chi connectivity index (χ1) is 8.11. The van der Waals surface area contributed by atoms with E-state index in [0.29, 0.717) is 11.7 Å². The second-order valence-electron chi connectivity index (χ2n) is 5.92. The fraction of sp³-hybridized carbons (Fsp3) is 0.929. The molecule has 2 aliphatic rings. The Kier molecular flexibility index (Phi) is 4.53. The average Bonchev–Trinajstić information content (AvgIpc) is 2.74. The molecule has 98 valence electrons. The molecule has 2 fully saturated rings. The minimum absolute atomic E-state index is 0.0566. The summed E-state index contributed by atoms with van der Waals surface area (Å²) >= 11 is 1.98. The van der Waals surface area contributed by atoms with Gasteiger partial charge < -0.3 is 4.74 Å². The molecule has 2 rings (SSSR count). The number of rotatable bonds is 4. The van der Waals surface area contributed by atoms with Crippen molar-refractivity contribution < 1.29 is 9.53 Å². The van der Waals surface area contributed by atoms with E-state index in [0.717, 1.165) is 44.5 Å². The molecular weight excluding hydrogens is 232 g/mol. The maximum atomic E-state index is 12.2. The molecule has 2 unspecified atom stereocenters. The Labute approximate surface area is 109 Å². The van der Waals surface area contributed by atoms with Crippen molar-refractivity contribution in [2.75, 3.05) is 18.1 Å². The molecule has 2 aliphatic heterocycles. The molecule has 0 aromatic carbocycles. The Morgan fingerprint density at radius 3 is 3.00 bits per heavy atom. The van der Waals surface area contributed by atoms with Crippen LogP contribution in [0.5, 0.6) is 0 Å². The average molecular weight is 256 g/mol. The van der Waals surface area contributed by atoms with E-state index in [4.69, 9.17) is 4.74 Å². The lowest BCUT2D eigenvalue weighted by molar-refractivity contribution is -0.134. The summed E-state index contributed by atoms with van der Waals surface area (Å²) in [5.74, 6) is 3.70. The smallest absolute Gasteiger partial charge is 0.136 e. The van der Waals surface area contributed by atoms with Crippen molar-refractivity contribution in [3.8, 4) is 0 Å². The first-order valence-electron chi connectivity index (χ1n) is 6.86. The summed E-state index contributed by atoms with van der Waals surface area (Å²) in [5.41, 5.74) is 0.0566. The molecule has 1 spiro atoms. The van der Waals surface area contributed by atoms with Gasteiger partial charge in [0.05, 0.1) is 5.60 Å². The third kappa shape index (κ3) is 3.47. The molecule has 2 atom stereocenters. The van der Waals surface area contributed by atoms with E-state index in [1.54, 1.807) is 0 Å². The molecule has 0 bridgehead atoms. The molecule has 0 saturated carbocycles. The fourth-order valence-electron chi connectivity index (χ4n) is 2.80. The second kappa shape index (κ2) is 5.75. The number of thioether (sulfide) groups is 1.